The SMILES string of the molecule is CN(C1CCCCC1)S(=O)(=O)NCC(O)Cc1ccccc1. The zero-order valence-corrected chi connectivity index (χ0v) is 13.9. The number of nitrogens with zero attached hydrogens (tertiary/aromatic N) is 1. The van der Waals surface area contributed by atoms with Gasteiger partial charge in [0.2, 0.25) is 0 Å². The highest BCUT2D eigenvalue weighted by Crippen LogP contribution is 2.22. The number of aliphatic hydroxyl groups excluding tert-OH is 1. The monoisotopic (exact) mass is 326 g/mol. The molecule has 6 heteroatoms. The lowest BCUT2D eigenvalue weighted by Gasteiger charge is -2.30. The lowest BCUT2D eigenvalue weighted by atomic mass is 9.96. The first-order valence-corrected chi connectivity index (χ1v) is 9.37. The summed E-state index contributed by atoms with van der Waals surface area (Å²) < 4.78 is 28.5. The van der Waals surface area contributed by atoms with Crippen molar-refractivity contribution in [1.29, 1.82) is 0 Å². The molecule has 1 aliphatic rings. The summed E-state index contributed by atoms with van der Waals surface area (Å²) in [6.07, 6.45) is 4.91. The fourth-order valence-corrected chi connectivity index (χ4v) is 4.11. The summed E-state index contributed by atoms with van der Waals surface area (Å²) in [6, 6.07) is 9.65. The van der Waals surface area contributed by atoms with Crippen LogP contribution in [0, 0.1) is 0 Å². The van der Waals surface area contributed by atoms with E-state index in [1.54, 1.807) is 7.05 Å². The molecule has 1 aromatic rings. The van der Waals surface area contributed by atoms with Crippen LogP contribution in [0.3, 0.4) is 0 Å². The Bertz CT molecular complexity index is 542. The van der Waals surface area contributed by atoms with E-state index in [9.17, 15) is 13.5 Å². The van der Waals surface area contributed by atoms with Crippen molar-refractivity contribution in [3.05, 3.63) is 35.9 Å². The first-order valence-electron chi connectivity index (χ1n) is 7.93. The van der Waals surface area contributed by atoms with Crippen LogP contribution in [0.25, 0.3) is 0 Å². The minimum absolute atomic E-state index is 0.0360. The fourth-order valence-electron chi connectivity index (χ4n) is 2.90. The summed E-state index contributed by atoms with van der Waals surface area (Å²) in [7, 11) is -1.90. The molecule has 0 amide bonds. The van der Waals surface area contributed by atoms with Crippen molar-refractivity contribution >= 4 is 10.2 Å². The Balaban J connectivity index is 1.83. The number of rotatable bonds is 7. The van der Waals surface area contributed by atoms with Crippen LogP contribution in [-0.2, 0) is 16.6 Å². The Hall–Kier alpha value is -0.950. The predicted octanol–water partition coefficient (Wildman–Crippen LogP) is 1.69. The van der Waals surface area contributed by atoms with Gasteiger partial charge in [-0.15, -0.1) is 0 Å². The molecule has 0 saturated heterocycles. The maximum atomic E-state index is 12.3. The first-order chi connectivity index (χ1) is 10.5. The molecule has 0 aliphatic heterocycles. The summed E-state index contributed by atoms with van der Waals surface area (Å²) in [5.74, 6) is 0. The van der Waals surface area contributed by atoms with Gasteiger partial charge in [0.25, 0.3) is 10.2 Å². The molecule has 2 rings (SSSR count). The second kappa shape index (κ2) is 8.06. The van der Waals surface area contributed by atoms with Crippen molar-refractivity contribution in [1.82, 2.24) is 9.03 Å². The van der Waals surface area contributed by atoms with E-state index in [0.29, 0.717) is 6.42 Å². The van der Waals surface area contributed by atoms with Crippen LogP contribution in [-0.4, -0.2) is 43.6 Å². The van der Waals surface area contributed by atoms with E-state index in [0.717, 1.165) is 31.2 Å². The van der Waals surface area contributed by atoms with E-state index in [1.807, 2.05) is 30.3 Å². The summed E-state index contributed by atoms with van der Waals surface area (Å²) in [5.41, 5.74) is 0.995. The zero-order chi connectivity index (χ0) is 16.0. The van der Waals surface area contributed by atoms with Crippen LogP contribution in [0.5, 0.6) is 0 Å². The molecule has 0 heterocycles. The lowest BCUT2D eigenvalue weighted by molar-refractivity contribution is 0.177. The third-order valence-electron chi connectivity index (χ3n) is 4.28. The van der Waals surface area contributed by atoms with Gasteiger partial charge in [-0.3, -0.25) is 0 Å². The van der Waals surface area contributed by atoms with Crippen molar-refractivity contribution in [3.8, 4) is 0 Å². The first kappa shape index (κ1) is 17.4. The second-order valence-electron chi connectivity index (χ2n) is 6.01. The van der Waals surface area contributed by atoms with Gasteiger partial charge in [-0.2, -0.15) is 17.4 Å². The molecular formula is C16H26N2O3S. The summed E-state index contributed by atoms with van der Waals surface area (Å²) in [5, 5.41) is 10.0. The van der Waals surface area contributed by atoms with Gasteiger partial charge >= 0.3 is 0 Å². The molecule has 5 nitrogen and oxygen atoms in total. The molecule has 0 aromatic heterocycles. The van der Waals surface area contributed by atoms with Crippen molar-refractivity contribution in [3.63, 3.8) is 0 Å². The van der Waals surface area contributed by atoms with Gasteiger partial charge in [0.15, 0.2) is 0 Å². The molecule has 0 radical (unpaired) electrons. The van der Waals surface area contributed by atoms with E-state index in [1.165, 1.54) is 10.7 Å². The minimum Gasteiger partial charge on any atom is -0.391 e. The highest BCUT2D eigenvalue weighted by atomic mass is 32.2. The molecule has 1 atom stereocenters. The van der Waals surface area contributed by atoms with Gasteiger partial charge in [0.05, 0.1) is 6.10 Å². The molecule has 124 valence electrons. The lowest BCUT2D eigenvalue weighted by Crippen LogP contribution is -2.47. The Morgan fingerprint density at radius 1 is 1.23 bits per heavy atom. The van der Waals surface area contributed by atoms with Crippen molar-refractivity contribution in [2.24, 2.45) is 0 Å². The Morgan fingerprint density at radius 3 is 2.50 bits per heavy atom. The molecule has 2 N–H and O–H groups in total. The molecule has 22 heavy (non-hydrogen) atoms. The molecular weight excluding hydrogens is 300 g/mol. The van der Waals surface area contributed by atoms with Gasteiger partial charge in [0, 0.05) is 19.6 Å². The van der Waals surface area contributed by atoms with Crippen molar-refractivity contribution in [2.75, 3.05) is 13.6 Å². The average Bonchev–Trinajstić information content (AvgIpc) is 2.54. The van der Waals surface area contributed by atoms with Gasteiger partial charge < -0.3 is 5.11 Å². The molecule has 0 spiro atoms. The topological polar surface area (TPSA) is 69.6 Å². The van der Waals surface area contributed by atoms with Gasteiger partial charge in [-0.25, -0.2) is 0 Å². The fraction of sp³-hybridized carbons (Fsp3) is 0.625. The van der Waals surface area contributed by atoms with Crippen LogP contribution < -0.4 is 4.72 Å². The normalized spacial score (nSPS) is 18.5. The van der Waals surface area contributed by atoms with Crippen molar-refractivity contribution < 1.29 is 13.5 Å². The number of benzene rings is 1. The van der Waals surface area contributed by atoms with Crippen LogP contribution in [0.4, 0.5) is 0 Å². The van der Waals surface area contributed by atoms with E-state index in [2.05, 4.69) is 4.72 Å². The number of aliphatic hydroxyl groups is 1. The second-order valence-corrected chi connectivity index (χ2v) is 7.82. The van der Waals surface area contributed by atoms with Gasteiger partial charge in [-0.05, 0) is 24.8 Å². The van der Waals surface area contributed by atoms with Crippen LogP contribution in [0.1, 0.15) is 37.7 Å². The largest absolute Gasteiger partial charge is 0.391 e. The maximum Gasteiger partial charge on any atom is 0.279 e. The van der Waals surface area contributed by atoms with Gasteiger partial charge in [0.1, 0.15) is 0 Å². The number of hydrogen-bond acceptors (Lipinski definition) is 3. The van der Waals surface area contributed by atoms with Crippen LogP contribution in [0.2, 0.25) is 0 Å². The maximum absolute atomic E-state index is 12.3. The van der Waals surface area contributed by atoms with E-state index in [-0.39, 0.29) is 12.6 Å². The molecule has 1 aliphatic carbocycles. The average molecular weight is 326 g/mol. The van der Waals surface area contributed by atoms with E-state index in [4.69, 9.17) is 0 Å². The number of hydrogen-bond donors (Lipinski definition) is 2. The highest BCUT2D eigenvalue weighted by molar-refractivity contribution is 7.87. The van der Waals surface area contributed by atoms with E-state index < -0.39 is 16.3 Å². The van der Waals surface area contributed by atoms with Gasteiger partial charge in [-0.1, -0.05) is 49.6 Å². The smallest absolute Gasteiger partial charge is 0.279 e. The van der Waals surface area contributed by atoms with Crippen molar-refractivity contribution in [2.45, 2.75) is 50.7 Å². The van der Waals surface area contributed by atoms with Crippen LogP contribution >= 0.6 is 0 Å². The van der Waals surface area contributed by atoms with Crippen LogP contribution in [0.15, 0.2) is 30.3 Å². The molecule has 1 aromatic carbocycles. The quantitative estimate of drug-likeness (QED) is 0.801. The third-order valence-corrected chi connectivity index (χ3v) is 5.87. The number of nitrogens with one attached hydrogen (secondary N) is 1. The highest BCUT2D eigenvalue weighted by Gasteiger charge is 2.27. The summed E-state index contributed by atoms with van der Waals surface area (Å²) >= 11 is 0. The zero-order valence-electron chi connectivity index (χ0n) is 13.1. The predicted molar refractivity (Wildman–Crippen MR) is 87.7 cm³/mol. The molecule has 1 saturated carbocycles. The Kier molecular flexibility index (Phi) is 6.37. The third kappa shape index (κ3) is 5.05. The van der Waals surface area contributed by atoms with E-state index >= 15 is 0 Å². The standard InChI is InChI=1S/C16H26N2O3S/c1-18(15-10-6-3-7-11-15)22(20,21)17-13-16(19)12-14-8-4-2-5-9-14/h2,4-5,8-9,15-17,19H,3,6-7,10-13H2,1H3. The molecule has 1 unspecified atom stereocenters. The Morgan fingerprint density at radius 2 is 1.86 bits per heavy atom. The minimum atomic E-state index is -3.52. The molecule has 0 bridgehead atoms. The summed E-state index contributed by atoms with van der Waals surface area (Å²) in [6.45, 7) is 0.0360. The Labute approximate surface area is 133 Å². The summed E-state index contributed by atoms with van der Waals surface area (Å²) in [4.78, 5) is 0. The molecule has 1 fully saturated rings.